The zero-order chi connectivity index (χ0) is 16.6. The SMILES string of the molecule is CC(C)SCc1ccc2c(c1)nc(CC(C)(C)C)n2CC1CC1. The van der Waals surface area contributed by atoms with E-state index in [1.807, 2.05) is 11.8 Å². The van der Waals surface area contributed by atoms with Gasteiger partial charge in [-0.05, 0) is 47.1 Å². The standard InChI is InChI=1S/C20H30N2S/c1-14(2)23-13-16-8-9-18-17(10-16)21-19(11-20(3,4)5)22(18)12-15-6-7-15/h8-10,14-15H,6-7,11-13H2,1-5H3. The van der Waals surface area contributed by atoms with E-state index >= 15 is 0 Å². The minimum atomic E-state index is 0.277. The Labute approximate surface area is 145 Å². The maximum atomic E-state index is 5.02. The van der Waals surface area contributed by atoms with Gasteiger partial charge in [-0.25, -0.2) is 4.98 Å². The maximum Gasteiger partial charge on any atom is 0.110 e. The molecule has 1 saturated carbocycles. The van der Waals surface area contributed by atoms with Crippen molar-refractivity contribution in [1.82, 2.24) is 9.55 Å². The average molecular weight is 331 g/mol. The Balaban J connectivity index is 1.92. The van der Waals surface area contributed by atoms with Gasteiger partial charge in [0.2, 0.25) is 0 Å². The largest absolute Gasteiger partial charge is 0.328 e. The number of benzene rings is 1. The summed E-state index contributed by atoms with van der Waals surface area (Å²) in [7, 11) is 0. The fraction of sp³-hybridized carbons (Fsp3) is 0.650. The van der Waals surface area contributed by atoms with E-state index in [4.69, 9.17) is 4.98 Å². The van der Waals surface area contributed by atoms with Gasteiger partial charge in [0.1, 0.15) is 5.82 Å². The van der Waals surface area contributed by atoms with Gasteiger partial charge in [0, 0.05) is 18.7 Å². The molecule has 1 aliphatic carbocycles. The molecular weight excluding hydrogens is 300 g/mol. The third-order valence-electron chi connectivity index (χ3n) is 4.30. The smallest absolute Gasteiger partial charge is 0.110 e. The van der Waals surface area contributed by atoms with Crippen LogP contribution in [0.1, 0.15) is 58.8 Å². The van der Waals surface area contributed by atoms with Gasteiger partial charge in [0.05, 0.1) is 11.0 Å². The molecule has 1 aliphatic rings. The molecule has 0 spiro atoms. The second kappa shape index (κ2) is 6.51. The molecule has 0 bridgehead atoms. The monoisotopic (exact) mass is 330 g/mol. The van der Waals surface area contributed by atoms with Crippen molar-refractivity contribution >= 4 is 22.8 Å². The van der Waals surface area contributed by atoms with Gasteiger partial charge < -0.3 is 4.57 Å². The van der Waals surface area contributed by atoms with E-state index in [1.165, 1.54) is 35.3 Å². The van der Waals surface area contributed by atoms with E-state index in [0.29, 0.717) is 5.25 Å². The number of thioether (sulfide) groups is 1. The van der Waals surface area contributed by atoms with E-state index in [1.54, 1.807) is 0 Å². The van der Waals surface area contributed by atoms with Crippen LogP contribution in [-0.4, -0.2) is 14.8 Å². The second-order valence-electron chi connectivity index (χ2n) is 8.50. The lowest BCUT2D eigenvalue weighted by atomic mass is 9.92. The van der Waals surface area contributed by atoms with Crippen LogP contribution in [0.4, 0.5) is 0 Å². The maximum absolute atomic E-state index is 5.02. The minimum Gasteiger partial charge on any atom is -0.328 e. The first-order chi connectivity index (χ1) is 10.8. The predicted molar refractivity (Wildman–Crippen MR) is 102 cm³/mol. The molecule has 0 unspecified atom stereocenters. The number of fused-ring (bicyclic) bond motifs is 1. The summed E-state index contributed by atoms with van der Waals surface area (Å²) >= 11 is 2.00. The van der Waals surface area contributed by atoms with E-state index in [9.17, 15) is 0 Å². The quantitative estimate of drug-likeness (QED) is 0.678. The molecule has 3 rings (SSSR count). The molecule has 3 heteroatoms. The summed E-state index contributed by atoms with van der Waals surface area (Å²) in [6, 6.07) is 6.90. The Morgan fingerprint density at radius 1 is 1.26 bits per heavy atom. The van der Waals surface area contributed by atoms with Crippen LogP contribution >= 0.6 is 11.8 Å². The van der Waals surface area contributed by atoms with E-state index in [0.717, 1.165) is 24.6 Å². The van der Waals surface area contributed by atoms with E-state index in [2.05, 4.69) is 57.4 Å². The molecular formula is C20H30N2S. The fourth-order valence-electron chi connectivity index (χ4n) is 2.95. The second-order valence-corrected chi connectivity index (χ2v) is 10.1. The van der Waals surface area contributed by atoms with Gasteiger partial charge in [0.25, 0.3) is 0 Å². The van der Waals surface area contributed by atoms with Crippen LogP contribution in [0, 0.1) is 11.3 Å². The molecule has 0 saturated heterocycles. The molecule has 0 amide bonds. The zero-order valence-electron chi connectivity index (χ0n) is 15.2. The molecule has 2 aromatic rings. The summed E-state index contributed by atoms with van der Waals surface area (Å²) < 4.78 is 2.50. The number of nitrogens with zero attached hydrogens (tertiary/aromatic N) is 2. The number of imidazole rings is 1. The first-order valence-electron chi connectivity index (χ1n) is 8.91. The minimum absolute atomic E-state index is 0.277. The first-order valence-corrected chi connectivity index (χ1v) is 9.96. The fourth-order valence-corrected chi connectivity index (χ4v) is 3.65. The lowest BCUT2D eigenvalue weighted by Crippen LogP contribution is -2.15. The van der Waals surface area contributed by atoms with Crippen molar-refractivity contribution < 1.29 is 0 Å². The van der Waals surface area contributed by atoms with Crippen LogP contribution in [0.2, 0.25) is 0 Å². The number of rotatable bonds is 6. The van der Waals surface area contributed by atoms with Gasteiger partial charge in [-0.3, -0.25) is 0 Å². The Bertz CT molecular complexity index is 675. The highest BCUT2D eigenvalue weighted by molar-refractivity contribution is 7.99. The van der Waals surface area contributed by atoms with Crippen molar-refractivity contribution in [2.75, 3.05) is 0 Å². The van der Waals surface area contributed by atoms with Crippen LogP contribution in [0.5, 0.6) is 0 Å². The molecule has 1 aromatic carbocycles. The summed E-state index contributed by atoms with van der Waals surface area (Å²) in [4.78, 5) is 5.02. The predicted octanol–water partition coefficient (Wildman–Crippen LogP) is 5.68. The van der Waals surface area contributed by atoms with Crippen LogP contribution in [0.15, 0.2) is 18.2 Å². The van der Waals surface area contributed by atoms with Crippen LogP contribution < -0.4 is 0 Å². The van der Waals surface area contributed by atoms with Gasteiger partial charge in [-0.1, -0.05) is 40.7 Å². The first kappa shape index (κ1) is 16.9. The summed E-state index contributed by atoms with van der Waals surface area (Å²) in [6.45, 7) is 12.6. The highest BCUT2D eigenvalue weighted by Gasteiger charge is 2.25. The van der Waals surface area contributed by atoms with Crippen LogP contribution in [-0.2, 0) is 18.7 Å². The van der Waals surface area contributed by atoms with Crippen molar-refractivity contribution in [3.63, 3.8) is 0 Å². The Morgan fingerprint density at radius 2 is 2.00 bits per heavy atom. The van der Waals surface area contributed by atoms with Gasteiger partial charge in [-0.15, -0.1) is 0 Å². The topological polar surface area (TPSA) is 17.8 Å². The van der Waals surface area contributed by atoms with Crippen molar-refractivity contribution in [3.8, 4) is 0 Å². The summed E-state index contributed by atoms with van der Waals surface area (Å²) in [5.41, 5.74) is 4.19. The molecule has 126 valence electrons. The Kier molecular flexibility index (Phi) is 4.78. The van der Waals surface area contributed by atoms with Gasteiger partial charge >= 0.3 is 0 Å². The molecule has 0 radical (unpaired) electrons. The molecule has 2 nitrogen and oxygen atoms in total. The molecule has 0 aliphatic heterocycles. The van der Waals surface area contributed by atoms with E-state index in [-0.39, 0.29) is 5.41 Å². The summed E-state index contributed by atoms with van der Waals surface area (Å²) in [6.07, 6.45) is 3.82. The molecule has 1 fully saturated rings. The Hall–Kier alpha value is -0.960. The average Bonchev–Trinajstić information content (AvgIpc) is 3.19. The van der Waals surface area contributed by atoms with Crippen LogP contribution in [0.3, 0.4) is 0 Å². The van der Waals surface area contributed by atoms with Gasteiger partial charge in [0.15, 0.2) is 0 Å². The number of hydrogen-bond acceptors (Lipinski definition) is 2. The number of hydrogen-bond donors (Lipinski definition) is 0. The molecule has 1 aromatic heterocycles. The zero-order valence-corrected chi connectivity index (χ0v) is 16.0. The lowest BCUT2D eigenvalue weighted by molar-refractivity contribution is 0.391. The highest BCUT2D eigenvalue weighted by atomic mass is 32.2. The highest BCUT2D eigenvalue weighted by Crippen LogP contribution is 2.34. The van der Waals surface area contributed by atoms with Crippen molar-refractivity contribution in [2.24, 2.45) is 11.3 Å². The molecule has 0 N–H and O–H groups in total. The molecule has 1 heterocycles. The normalized spacial score (nSPS) is 15.7. The van der Waals surface area contributed by atoms with Crippen molar-refractivity contribution in [3.05, 3.63) is 29.6 Å². The third-order valence-corrected chi connectivity index (χ3v) is 5.47. The number of aromatic nitrogens is 2. The van der Waals surface area contributed by atoms with E-state index < -0.39 is 0 Å². The molecule has 0 atom stereocenters. The summed E-state index contributed by atoms with van der Waals surface area (Å²) in [5.74, 6) is 3.23. The van der Waals surface area contributed by atoms with Gasteiger partial charge in [-0.2, -0.15) is 11.8 Å². The summed E-state index contributed by atoms with van der Waals surface area (Å²) in [5, 5.41) is 0.676. The molecule has 23 heavy (non-hydrogen) atoms. The van der Waals surface area contributed by atoms with Crippen LogP contribution in [0.25, 0.3) is 11.0 Å². The van der Waals surface area contributed by atoms with Crippen molar-refractivity contribution in [2.45, 2.75) is 71.4 Å². The van der Waals surface area contributed by atoms with Crippen molar-refractivity contribution in [1.29, 1.82) is 0 Å². The lowest BCUT2D eigenvalue weighted by Gasteiger charge is -2.18. The third kappa shape index (κ3) is 4.53. The Morgan fingerprint density at radius 3 is 2.61 bits per heavy atom.